The Balaban J connectivity index is 2.24. The van der Waals surface area contributed by atoms with Crippen molar-refractivity contribution < 1.29 is 4.74 Å². The molecule has 6 nitrogen and oxygen atoms in total. The van der Waals surface area contributed by atoms with Crippen LogP contribution in [0.4, 0.5) is 11.5 Å². The Labute approximate surface area is 111 Å². The summed E-state index contributed by atoms with van der Waals surface area (Å²) in [6, 6.07) is 0. The number of ether oxygens (including phenoxy) is 1. The van der Waals surface area contributed by atoms with E-state index in [4.69, 9.17) is 27.9 Å². The van der Waals surface area contributed by atoms with E-state index in [9.17, 15) is 0 Å². The first-order valence-electron chi connectivity index (χ1n) is 6.06. The van der Waals surface area contributed by atoms with Gasteiger partial charge in [0.15, 0.2) is 11.5 Å². The average Bonchev–Trinajstić information content (AvgIpc) is 2.28. The Morgan fingerprint density at radius 1 is 1.28 bits per heavy atom. The predicted octanol–water partition coefficient (Wildman–Crippen LogP) is 1.73. The molecule has 1 aromatic rings. The summed E-state index contributed by atoms with van der Waals surface area (Å²) in [4.78, 5) is 7.96. The molecular formula is C11H18ClN5O. The fourth-order valence-electron chi connectivity index (χ4n) is 2.18. The first kappa shape index (κ1) is 13.2. The van der Waals surface area contributed by atoms with Gasteiger partial charge in [0.05, 0.1) is 0 Å². The van der Waals surface area contributed by atoms with Crippen LogP contribution in [0.25, 0.3) is 0 Å². The minimum absolute atomic E-state index is 0.0731. The lowest BCUT2D eigenvalue weighted by molar-refractivity contribution is 0.149. The maximum Gasteiger partial charge on any atom is 0.245 e. The molecule has 0 aliphatic heterocycles. The number of hydrogen-bond acceptors (Lipinski definition) is 6. The van der Waals surface area contributed by atoms with Crippen molar-refractivity contribution in [1.82, 2.24) is 9.97 Å². The van der Waals surface area contributed by atoms with Crippen LogP contribution >= 0.6 is 11.6 Å². The van der Waals surface area contributed by atoms with Crippen LogP contribution < -0.4 is 21.3 Å². The summed E-state index contributed by atoms with van der Waals surface area (Å²) in [7, 11) is 1.66. The topological polar surface area (TPSA) is 90.3 Å². The van der Waals surface area contributed by atoms with E-state index in [1.54, 1.807) is 7.05 Å². The quantitative estimate of drug-likeness (QED) is 0.494. The standard InChI is InChI=1S/C11H18ClN5O/c1-17(14)8-9(13)15-11(12)16-10(8)18-7-5-3-2-4-6-7/h7H,2-6,14H2,1H3,(H2,13,15,16). The predicted molar refractivity (Wildman–Crippen MR) is 71.5 cm³/mol. The summed E-state index contributed by atoms with van der Waals surface area (Å²) in [6.45, 7) is 0. The van der Waals surface area contributed by atoms with Crippen LogP contribution in [0.5, 0.6) is 5.88 Å². The molecule has 0 radical (unpaired) electrons. The first-order chi connectivity index (χ1) is 8.58. The van der Waals surface area contributed by atoms with Crippen molar-refractivity contribution in [1.29, 1.82) is 0 Å². The van der Waals surface area contributed by atoms with Crippen LogP contribution in [0.3, 0.4) is 0 Å². The molecule has 18 heavy (non-hydrogen) atoms. The van der Waals surface area contributed by atoms with Gasteiger partial charge in [-0.05, 0) is 37.3 Å². The molecule has 0 unspecified atom stereocenters. The molecule has 4 N–H and O–H groups in total. The molecule has 7 heteroatoms. The maximum absolute atomic E-state index is 5.87. The van der Waals surface area contributed by atoms with Gasteiger partial charge in [-0.15, -0.1) is 0 Å². The lowest BCUT2D eigenvalue weighted by atomic mass is 9.98. The van der Waals surface area contributed by atoms with Crippen molar-refractivity contribution in [3.63, 3.8) is 0 Å². The van der Waals surface area contributed by atoms with E-state index in [0.29, 0.717) is 11.6 Å². The number of halogens is 1. The monoisotopic (exact) mass is 271 g/mol. The van der Waals surface area contributed by atoms with Gasteiger partial charge in [-0.2, -0.15) is 9.97 Å². The highest BCUT2D eigenvalue weighted by molar-refractivity contribution is 6.28. The summed E-state index contributed by atoms with van der Waals surface area (Å²) in [6.07, 6.45) is 5.81. The number of hydrazine groups is 1. The largest absolute Gasteiger partial charge is 0.473 e. The lowest BCUT2D eigenvalue weighted by Crippen LogP contribution is -2.29. The summed E-state index contributed by atoms with van der Waals surface area (Å²) >= 11 is 5.80. The van der Waals surface area contributed by atoms with E-state index in [1.807, 2.05) is 0 Å². The zero-order valence-electron chi connectivity index (χ0n) is 10.4. The second-order valence-corrected chi connectivity index (χ2v) is 4.86. The molecule has 0 amide bonds. The van der Waals surface area contributed by atoms with Crippen molar-refractivity contribution >= 4 is 23.1 Å². The summed E-state index contributed by atoms with van der Waals surface area (Å²) in [5.74, 6) is 6.31. The van der Waals surface area contributed by atoms with Crippen LogP contribution in [0, 0.1) is 0 Å². The zero-order valence-corrected chi connectivity index (χ0v) is 11.2. The zero-order chi connectivity index (χ0) is 13.1. The summed E-state index contributed by atoms with van der Waals surface area (Å²) in [5.41, 5.74) is 6.27. The second kappa shape index (κ2) is 5.58. The molecular weight excluding hydrogens is 254 g/mol. The van der Waals surface area contributed by atoms with Crippen LogP contribution in [0.2, 0.25) is 5.28 Å². The van der Waals surface area contributed by atoms with Gasteiger partial charge in [-0.25, -0.2) is 5.84 Å². The summed E-state index contributed by atoms with van der Waals surface area (Å²) < 4.78 is 5.87. The molecule has 1 fully saturated rings. The third-order valence-corrected chi connectivity index (χ3v) is 3.20. The number of nitrogen functional groups attached to an aromatic ring is 1. The first-order valence-corrected chi connectivity index (χ1v) is 6.44. The molecule has 1 aliphatic carbocycles. The molecule has 0 saturated heterocycles. The van der Waals surface area contributed by atoms with Gasteiger partial charge in [-0.3, -0.25) is 0 Å². The Hall–Kier alpha value is -1.27. The molecule has 1 saturated carbocycles. The van der Waals surface area contributed by atoms with Crippen molar-refractivity contribution in [3.8, 4) is 5.88 Å². The highest BCUT2D eigenvalue weighted by atomic mass is 35.5. The van der Waals surface area contributed by atoms with Gasteiger partial charge >= 0.3 is 0 Å². The number of hydrogen-bond donors (Lipinski definition) is 2. The van der Waals surface area contributed by atoms with Crippen LogP contribution in [-0.2, 0) is 0 Å². The van der Waals surface area contributed by atoms with Crippen molar-refractivity contribution in [3.05, 3.63) is 5.28 Å². The van der Waals surface area contributed by atoms with Crippen molar-refractivity contribution in [2.24, 2.45) is 5.84 Å². The molecule has 0 spiro atoms. The Morgan fingerprint density at radius 3 is 2.56 bits per heavy atom. The van der Waals surface area contributed by atoms with Gasteiger partial charge < -0.3 is 15.5 Å². The molecule has 2 rings (SSSR count). The normalized spacial score (nSPS) is 16.6. The number of nitrogens with zero attached hydrogens (tertiary/aromatic N) is 3. The van der Waals surface area contributed by atoms with E-state index in [1.165, 1.54) is 24.3 Å². The molecule has 100 valence electrons. The number of nitrogens with two attached hydrogens (primary N) is 2. The van der Waals surface area contributed by atoms with Gasteiger partial charge in [-0.1, -0.05) is 6.42 Å². The average molecular weight is 272 g/mol. The van der Waals surface area contributed by atoms with E-state index in [2.05, 4.69) is 9.97 Å². The maximum atomic E-state index is 5.87. The van der Waals surface area contributed by atoms with Gasteiger partial charge in [0.1, 0.15) is 6.10 Å². The van der Waals surface area contributed by atoms with Crippen molar-refractivity contribution in [2.45, 2.75) is 38.2 Å². The third-order valence-electron chi connectivity index (χ3n) is 3.03. The minimum atomic E-state index is 0.0731. The summed E-state index contributed by atoms with van der Waals surface area (Å²) in [5, 5.41) is 1.42. The second-order valence-electron chi connectivity index (χ2n) is 4.52. The Kier molecular flexibility index (Phi) is 4.08. The lowest BCUT2D eigenvalue weighted by Gasteiger charge is -2.25. The van der Waals surface area contributed by atoms with E-state index in [-0.39, 0.29) is 17.2 Å². The van der Waals surface area contributed by atoms with Gasteiger partial charge in [0.2, 0.25) is 11.2 Å². The smallest absolute Gasteiger partial charge is 0.245 e. The number of anilines is 2. The highest BCUT2D eigenvalue weighted by Crippen LogP contribution is 2.33. The molecule has 1 heterocycles. The molecule has 1 aliphatic rings. The van der Waals surface area contributed by atoms with E-state index >= 15 is 0 Å². The fraction of sp³-hybridized carbons (Fsp3) is 0.636. The third kappa shape index (κ3) is 2.94. The fourth-order valence-corrected chi connectivity index (χ4v) is 2.35. The number of aromatic nitrogens is 2. The van der Waals surface area contributed by atoms with Gasteiger partial charge in [0.25, 0.3) is 0 Å². The molecule has 0 atom stereocenters. The Bertz CT molecular complexity index is 420. The van der Waals surface area contributed by atoms with Crippen LogP contribution in [0.15, 0.2) is 0 Å². The number of rotatable bonds is 3. The minimum Gasteiger partial charge on any atom is -0.473 e. The van der Waals surface area contributed by atoms with E-state index in [0.717, 1.165) is 12.8 Å². The Morgan fingerprint density at radius 2 is 1.94 bits per heavy atom. The molecule has 0 bridgehead atoms. The van der Waals surface area contributed by atoms with Gasteiger partial charge in [0, 0.05) is 7.05 Å². The van der Waals surface area contributed by atoms with Crippen molar-refractivity contribution in [2.75, 3.05) is 17.8 Å². The van der Waals surface area contributed by atoms with Crippen LogP contribution in [-0.4, -0.2) is 23.1 Å². The highest BCUT2D eigenvalue weighted by Gasteiger charge is 2.21. The molecule has 0 aromatic carbocycles. The van der Waals surface area contributed by atoms with E-state index < -0.39 is 0 Å². The SMILES string of the molecule is CN(N)c1c(N)nc(Cl)nc1OC1CCCCC1. The molecule has 1 aromatic heterocycles. The van der Waals surface area contributed by atoms with Crippen LogP contribution in [0.1, 0.15) is 32.1 Å².